The van der Waals surface area contributed by atoms with Crippen molar-refractivity contribution >= 4 is 15.9 Å². The molecule has 0 aliphatic carbocycles. The first-order valence-electron chi connectivity index (χ1n) is 6.73. The molecule has 126 valence electrons. The molecule has 0 saturated carbocycles. The van der Waals surface area contributed by atoms with Gasteiger partial charge in [-0.1, -0.05) is 0 Å². The lowest BCUT2D eigenvalue weighted by Gasteiger charge is -2.23. The third-order valence-electron chi connectivity index (χ3n) is 2.97. The molecule has 3 aromatic heterocycles. The second kappa shape index (κ2) is 6.03. The highest BCUT2D eigenvalue weighted by molar-refractivity contribution is 7.85. The summed E-state index contributed by atoms with van der Waals surface area (Å²) in [7, 11) is -3.67. The average molecular weight is 350 g/mol. The first-order chi connectivity index (χ1) is 11.3. The van der Waals surface area contributed by atoms with Gasteiger partial charge >= 0.3 is 0 Å². The summed E-state index contributed by atoms with van der Waals surface area (Å²) in [6.07, 6.45) is 3.52. The normalized spacial score (nSPS) is 15.5. The van der Waals surface area contributed by atoms with Gasteiger partial charge in [0.05, 0.1) is 18.1 Å². The number of aromatic nitrogens is 4. The van der Waals surface area contributed by atoms with E-state index in [0.717, 1.165) is 5.56 Å². The Morgan fingerprint density at radius 2 is 2.12 bits per heavy atom. The van der Waals surface area contributed by atoms with E-state index in [0.29, 0.717) is 29.5 Å². The first kappa shape index (κ1) is 16.1. The van der Waals surface area contributed by atoms with E-state index in [-0.39, 0.29) is 0 Å². The molecular formula is C13H14N6O4S. The molecule has 4 heterocycles. The molecule has 3 aromatic rings. The average Bonchev–Trinajstić information content (AvgIpc) is 3.15. The first-order valence-corrected chi connectivity index (χ1v) is 8.58. The van der Waals surface area contributed by atoms with Crippen molar-refractivity contribution in [1.82, 2.24) is 19.7 Å². The molecule has 0 amide bonds. The number of fused-ring (bicyclic) bond motifs is 3. The zero-order valence-electron chi connectivity index (χ0n) is 12.5. The van der Waals surface area contributed by atoms with E-state index >= 15 is 0 Å². The van der Waals surface area contributed by atoms with Crippen LogP contribution in [0, 0.1) is 0 Å². The van der Waals surface area contributed by atoms with Crippen LogP contribution >= 0.6 is 0 Å². The quantitative estimate of drug-likeness (QED) is 0.545. The lowest BCUT2D eigenvalue weighted by atomic mass is 10.2. The van der Waals surface area contributed by atoms with E-state index in [2.05, 4.69) is 20.4 Å². The van der Waals surface area contributed by atoms with Crippen LogP contribution in [-0.4, -0.2) is 39.0 Å². The number of hydrogen-bond donors (Lipinski definition) is 3. The molecule has 1 aliphatic heterocycles. The highest BCUT2D eigenvalue weighted by Gasteiger charge is 2.26. The molecule has 0 bridgehead atoms. The Balaban J connectivity index is 0.000000300. The minimum atomic E-state index is -3.67. The Labute approximate surface area is 137 Å². The van der Waals surface area contributed by atoms with Gasteiger partial charge in [-0.2, -0.15) is 8.42 Å². The van der Waals surface area contributed by atoms with Crippen molar-refractivity contribution in [3.05, 3.63) is 36.7 Å². The second-order valence-electron chi connectivity index (χ2n) is 4.90. The Hall–Kier alpha value is -2.76. The summed E-state index contributed by atoms with van der Waals surface area (Å²) in [5.41, 5.74) is 6.88. The van der Waals surface area contributed by atoms with Crippen LogP contribution in [0.4, 0.5) is 5.82 Å². The number of hydrogen-bond acceptors (Lipinski definition) is 8. The molecular weight excluding hydrogens is 336 g/mol. The fourth-order valence-corrected chi connectivity index (χ4v) is 2.11. The summed E-state index contributed by atoms with van der Waals surface area (Å²) < 4.78 is 32.8. The van der Waals surface area contributed by atoms with Crippen LogP contribution in [-0.2, 0) is 10.1 Å². The zero-order chi connectivity index (χ0) is 17.3. The summed E-state index contributed by atoms with van der Waals surface area (Å²) in [6.45, 7) is 0. The molecule has 1 unspecified atom stereocenters. The predicted octanol–water partition coefficient (Wildman–Crippen LogP) is 0.944. The maximum atomic E-state index is 9.19. The molecule has 0 radical (unpaired) electrons. The number of nitrogens with one attached hydrogen (secondary N) is 1. The van der Waals surface area contributed by atoms with Crippen LogP contribution in [0.15, 0.2) is 41.1 Å². The summed E-state index contributed by atoms with van der Waals surface area (Å²) in [5.74, 6) is 2.51. The summed E-state index contributed by atoms with van der Waals surface area (Å²) >= 11 is 0. The standard InChI is InChI=1S/C12H10N6O.CH4O3S/c13-12-16-9-7(3-1-5-14-9)11-15-10(17-18(11)12)8-4-2-6-19-8;1-5(2,3)4/h1-6,12H,13H2,(H,14,16);1H3,(H,2,3,4). The number of nitrogens with zero attached hydrogens (tertiary/aromatic N) is 4. The highest BCUT2D eigenvalue weighted by Crippen LogP contribution is 2.32. The van der Waals surface area contributed by atoms with Gasteiger partial charge in [-0.15, -0.1) is 5.10 Å². The van der Waals surface area contributed by atoms with Crippen LogP contribution in [0.1, 0.15) is 6.29 Å². The highest BCUT2D eigenvalue weighted by atomic mass is 32.2. The molecule has 11 heteroatoms. The Bertz CT molecular complexity index is 943. The van der Waals surface area contributed by atoms with Gasteiger partial charge in [0.2, 0.25) is 5.82 Å². The summed E-state index contributed by atoms with van der Waals surface area (Å²) in [6, 6.07) is 7.38. The largest absolute Gasteiger partial charge is 0.461 e. The van der Waals surface area contributed by atoms with E-state index in [9.17, 15) is 8.42 Å². The number of nitrogens with two attached hydrogens (primary N) is 1. The van der Waals surface area contributed by atoms with Crippen LogP contribution in [0.2, 0.25) is 0 Å². The van der Waals surface area contributed by atoms with Crippen molar-refractivity contribution in [3.63, 3.8) is 0 Å². The third kappa shape index (κ3) is 3.42. The summed E-state index contributed by atoms with van der Waals surface area (Å²) in [4.78, 5) is 8.73. The van der Waals surface area contributed by atoms with Crippen molar-refractivity contribution < 1.29 is 17.4 Å². The van der Waals surface area contributed by atoms with E-state index in [4.69, 9.17) is 14.7 Å². The van der Waals surface area contributed by atoms with Crippen molar-refractivity contribution in [2.24, 2.45) is 5.73 Å². The maximum Gasteiger partial charge on any atom is 0.261 e. The van der Waals surface area contributed by atoms with Gasteiger partial charge < -0.3 is 9.73 Å². The number of pyridine rings is 1. The second-order valence-corrected chi connectivity index (χ2v) is 6.37. The zero-order valence-corrected chi connectivity index (χ0v) is 13.3. The van der Waals surface area contributed by atoms with Gasteiger partial charge in [-0.25, -0.2) is 14.6 Å². The lowest BCUT2D eigenvalue weighted by Crippen LogP contribution is -2.32. The molecule has 1 aliphatic rings. The van der Waals surface area contributed by atoms with Gasteiger partial charge in [0.1, 0.15) is 5.82 Å². The number of furan rings is 1. The fraction of sp³-hybridized carbons (Fsp3) is 0.154. The molecule has 0 saturated heterocycles. The van der Waals surface area contributed by atoms with Gasteiger partial charge in [0.15, 0.2) is 17.9 Å². The molecule has 0 aromatic carbocycles. The van der Waals surface area contributed by atoms with Gasteiger partial charge in [0, 0.05) is 6.20 Å². The van der Waals surface area contributed by atoms with Crippen molar-refractivity contribution in [3.8, 4) is 23.0 Å². The summed E-state index contributed by atoms with van der Waals surface area (Å²) in [5, 5.41) is 7.44. The molecule has 10 nitrogen and oxygen atoms in total. The monoisotopic (exact) mass is 350 g/mol. The van der Waals surface area contributed by atoms with Gasteiger partial charge in [0.25, 0.3) is 10.1 Å². The van der Waals surface area contributed by atoms with Crippen molar-refractivity contribution in [1.29, 1.82) is 0 Å². The van der Waals surface area contributed by atoms with Crippen LogP contribution in [0.3, 0.4) is 0 Å². The molecule has 0 spiro atoms. The van der Waals surface area contributed by atoms with Crippen LogP contribution in [0.5, 0.6) is 0 Å². The molecule has 4 rings (SSSR count). The minimum Gasteiger partial charge on any atom is -0.461 e. The Morgan fingerprint density at radius 1 is 1.38 bits per heavy atom. The van der Waals surface area contributed by atoms with E-state index in [1.807, 2.05) is 18.2 Å². The van der Waals surface area contributed by atoms with Gasteiger partial charge in [-0.05, 0) is 24.3 Å². The topological polar surface area (TPSA) is 149 Å². The van der Waals surface area contributed by atoms with Gasteiger partial charge in [-0.3, -0.25) is 10.3 Å². The third-order valence-corrected chi connectivity index (χ3v) is 2.97. The lowest BCUT2D eigenvalue weighted by molar-refractivity contribution is 0.490. The molecule has 4 N–H and O–H groups in total. The Morgan fingerprint density at radius 3 is 2.79 bits per heavy atom. The van der Waals surface area contributed by atoms with Crippen LogP contribution < -0.4 is 11.1 Å². The van der Waals surface area contributed by atoms with E-state index in [1.54, 1.807) is 23.2 Å². The maximum absolute atomic E-state index is 9.19. The van der Waals surface area contributed by atoms with Crippen molar-refractivity contribution in [2.75, 3.05) is 11.6 Å². The predicted molar refractivity (Wildman–Crippen MR) is 85.3 cm³/mol. The van der Waals surface area contributed by atoms with Crippen molar-refractivity contribution in [2.45, 2.75) is 6.29 Å². The molecule has 1 atom stereocenters. The SMILES string of the molecule is CS(=O)(=O)O.NC1Nc2ncccc2-c2nc(-c3ccco3)nn21. The number of rotatable bonds is 1. The smallest absolute Gasteiger partial charge is 0.261 e. The molecule has 24 heavy (non-hydrogen) atoms. The van der Waals surface area contributed by atoms with E-state index < -0.39 is 16.4 Å². The van der Waals surface area contributed by atoms with E-state index in [1.165, 1.54) is 0 Å². The minimum absolute atomic E-state index is 0.492. The van der Waals surface area contributed by atoms with Crippen LogP contribution in [0.25, 0.3) is 23.0 Å². The fourth-order valence-electron chi connectivity index (χ4n) is 2.11. The Kier molecular flexibility index (Phi) is 4.05. The number of anilines is 1. The molecule has 0 fully saturated rings.